The monoisotopic (exact) mass is 257 g/mol. The molecule has 102 valence electrons. The number of carboxylic acid groups (broad SMARTS) is 1. The zero-order valence-corrected chi connectivity index (χ0v) is 10.3. The molecule has 7 heteroatoms. The van der Waals surface area contributed by atoms with Gasteiger partial charge in [-0.1, -0.05) is 0 Å². The summed E-state index contributed by atoms with van der Waals surface area (Å²) in [5.74, 6) is -0.973. The number of hydrogen-bond donors (Lipinski definition) is 3. The minimum absolute atomic E-state index is 0.0843. The van der Waals surface area contributed by atoms with Gasteiger partial charge in [0.05, 0.1) is 0 Å². The van der Waals surface area contributed by atoms with Crippen LogP contribution in [0.4, 0.5) is 4.79 Å². The Morgan fingerprint density at radius 1 is 1.39 bits per heavy atom. The number of rotatable bonds is 5. The first kappa shape index (κ1) is 14.3. The summed E-state index contributed by atoms with van der Waals surface area (Å²) in [6, 6.07) is -0.262. The molecule has 0 spiro atoms. The first-order valence-corrected chi connectivity index (χ1v) is 6.11. The molecule has 1 aliphatic heterocycles. The van der Waals surface area contributed by atoms with Gasteiger partial charge in [-0.3, -0.25) is 9.59 Å². The van der Waals surface area contributed by atoms with Crippen LogP contribution in [-0.4, -0.2) is 54.1 Å². The van der Waals surface area contributed by atoms with Gasteiger partial charge in [0.15, 0.2) is 0 Å². The summed E-state index contributed by atoms with van der Waals surface area (Å²) in [5.41, 5.74) is 0. The SMILES string of the molecule is O=C(O)CCCCNC(=O)N1CCCNC(=O)C1. The van der Waals surface area contributed by atoms with Crippen LogP contribution < -0.4 is 10.6 Å². The minimum Gasteiger partial charge on any atom is -0.481 e. The predicted molar refractivity (Wildman–Crippen MR) is 64.1 cm³/mol. The van der Waals surface area contributed by atoms with Crippen molar-refractivity contribution in [2.24, 2.45) is 0 Å². The molecule has 1 fully saturated rings. The Kier molecular flexibility index (Phi) is 5.96. The van der Waals surface area contributed by atoms with Crippen molar-refractivity contribution in [1.29, 1.82) is 0 Å². The molecule has 3 N–H and O–H groups in total. The zero-order chi connectivity index (χ0) is 13.4. The number of carbonyl (C=O) groups is 3. The Bertz CT molecular complexity index is 319. The van der Waals surface area contributed by atoms with Crippen molar-refractivity contribution >= 4 is 17.9 Å². The molecule has 7 nitrogen and oxygen atoms in total. The maximum absolute atomic E-state index is 11.7. The van der Waals surface area contributed by atoms with Gasteiger partial charge in [-0.2, -0.15) is 0 Å². The smallest absolute Gasteiger partial charge is 0.317 e. The summed E-state index contributed by atoms with van der Waals surface area (Å²) in [7, 11) is 0. The average molecular weight is 257 g/mol. The second-order valence-electron chi connectivity index (χ2n) is 4.21. The quantitative estimate of drug-likeness (QED) is 0.592. The van der Waals surface area contributed by atoms with Crippen molar-refractivity contribution in [2.75, 3.05) is 26.2 Å². The molecule has 1 rings (SSSR count). The maximum atomic E-state index is 11.7. The summed E-state index contributed by atoms with van der Waals surface area (Å²) in [5, 5.41) is 13.8. The molecule has 0 aliphatic carbocycles. The number of aliphatic carboxylic acids is 1. The van der Waals surface area contributed by atoms with Crippen molar-refractivity contribution in [3.63, 3.8) is 0 Å². The molecule has 18 heavy (non-hydrogen) atoms. The Balaban J connectivity index is 2.18. The molecule has 0 unspecified atom stereocenters. The molecule has 0 radical (unpaired) electrons. The van der Waals surface area contributed by atoms with Crippen LogP contribution >= 0.6 is 0 Å². The fraction of sp³-hybridized carbons (Fsp3) is 0.727. The number of amides is 3. The lowest BCUT2D eigenvalue weighted by Gasteiger charge is -2.19. The van der Waals surface area contributed by atoms with Crippen LogP contribution in [-0.2, 0) is 9.59 Å². The lowest BCUT2D eigenvalue weighted by atomic mass is 10.2. The highest BCUT2D eigenvalue weighted by Crippen LogP contribution is 1.98. The second kappa shape index (κ2) is 7.52. The molecule has 0 saturated carbocycles. The molecule has 1 saturated heterocycles. The molecule has 0 bridgehead atoms. The van der Waals surface area contributed by atoms with Crippen LogP contribution in [0.1, 0.15) is 25.7 Å². The number of unbranched alkanes of at least 4 members (excludes halogenated alkanes) is 1. The van der Waals surface area contributed by atoms with Gasteiger partial charge in [-0.15, -0.1) is 0 Å². The fourth-order valence-electron chi connectivity index (χ4n) is 1.69. The maximum Gasteiger partial charge on any atom is 0.317 e. The van der Waals surface area contributed by atoms with E-state index in [9.17, 15) is 14.4 Å². The first-order valence-electron chi connectivity index (χ1n) is 6.11. The molecular weight excluding hydrogens is 238 g/mol. The van der Waals surface area contributed by atoms with Gasteiger partial charge in [0.1, 0.15) is 6.54 Å². The van der Waals surface area contributed by atoms with Gasteiger partial charge in [-0.25, -0.2) is 4.79 Å². The van der Waals surface area contributed by atoms with Crippen molar-refractivity contribution in [3.05, 3.63) is 0 Å². The predicted octanol–water partition coefficient (Wildman–Crippen LogP) is -0.227. The Morgan fingerprint density at radius 3 is 2.89 bits per heavy atom. The largest absolute Gasteiger partial charge is 0.481 e. The fourth-order valence-corrected chi connectivity index (χ4v) is 1.69. The Hall–Kier alpha value is -1.79. The number of nitrogens with one attached hydrogen (secondary N) is 2. The number of carbonyl (C=O) groups excluding carboxylic acids is 2. The van der Waals surface area contributed by atoms with Crippen molar-refractivity contribution < 1.29 is 19.5 Å². The van der Waals surface area contributed by atoms with E-state index < -0.39 is 5.97 Å². The third kappa shape index (κ3) is 5.51. The van der Waals surface area contributed by atoms with Crippen LogP contribution in [0.15, 0.2) is 0 Å². The molecule has 1 heterocycles. The summed E-state index contributed by atoms with van der Waals surface area (Å²) in [6.45, 7) is 1.67. The lowest BCUT2D eigenvalue weighted by Crippen LogP contribution is -2.43. The lowest BCUT2D eigenvalue weighted by molar-refractivity contribution is -0.137. The summed E-state index contributed by atoms with van der Waals surface area (Å²) < 4.78 is 0. The molecule has 1 aliphatic rings. The van der Waals surface area contributed by atoms with Gasteiger partial charge >= 0.3 is 12.0 Å². The molecule has 0 aromatic carbocycles. The van der Waals surface area contributed by atoms with Crippen LogP contribution in [0.5, 0.6) is 0 Å². The number of urea groups is 1. The summed E-state index contributed by atoms with van der Waals surface area (Å²) >= 11 is 0. The van der Waals surface area contributed by atoms with E-state index >= 15 is 0 Å². The summed E-state index contributed by atoms with van der Waals surface area (Å²) in [4.78, 5) is 34.7. The first-order chi connectivity index (χ1) is 8.59. The number of carboxylic acids is 1. The van der Waals surface area contributed by atoms with Gasteiger partial charge in [-0.05, 0) is 19.3 Å². The van der Waals surface area contributed by atoms with E-state index in [4.69, 9.17) is 5.11 Å². The number of hydrogen-bond acceptors (Lipinski definition) is 3. The van der Waals surface area contributed by atoms with Gasteiger partial charge in [0.2, 0.25) is 5.91 Å². The van der Waals surface area contributed by atoms with E-state index in [2.05, 4.69) is 10.6 Å². The Morgan fingerprint density at radius 2 is 2.17 bits per heavy atom. The van der Waals surface area contributed by atoms with Crippen LogP contribution in [0.25, 0.3) is 0 Å². The van der Waals surface area contributed by atoms with Crippen LogP contribution in [0.3, 0.4) is 0 Å². The van der Waals surface area contributed by atoms with Gasteiger partial charge < -0.3 is 20.6 Å². The second-order valence-corrected chi connectivity index (χ2v) is 4.21. The molecule has 0 aromatic rings. The normalized spacial score (nSPS) is 15.8. The van der Waals surface area contributed by atoms with E-state index in [-0.39, 0.29) is 24.9 Å². The standard InChI is InChI=1S/C11H19N3O4/c15-9-8-14(7-3-6-12-9)11(18)13-5-2-1-4-10(16)17/h1-8H2,(H,12,15)(H,13,18)(H,16,17). The Labute approximate surface area is 106 Å². The molecule has 3 amide bonds. The van der Waals surface area contributed by atoms with Crippen molar-refractivity contribution in [2.45, 2.75) is 25.7 Å². The number of nitrogens with zero attached hydrogens (tertiary/aromatic N) is 1. The van der Waals surface area contributed by atoms with Crippen molar-refractivity contribution in [3.8, 4) is 0 Å². The minimum atomic E-state index is -0.828. The highest BCUT2D eigenvalue weighted by molar-refractivity contribution is 5.84. The molecular formula is C11H19N3O4. The summed E-state index contributed by atoms with van der Waals surface area (Å²) in [6.07, 6.45) is 2.02. The topological polar surface area (TPSA) is 98.7 Å². The van der Waals surface area contributed by atoms with Crippen LogP contribution in [0, 0.1) is 0 Å². The molecule has 0 aromatic heterocycles. The van der Waals surface area contributed by atoms with Crippen molar-refractivity contribution in [1.82, 2.24) is 15.5 Å². The van der Waals surface area contributed by atoms with E-state index in [1.807, 2.05) is 0 Å². The van der Waals surface area contributed by atoms with Gasteiger partial charge in [0, 0.05) is 26.1 Å². The van der Waals surface area contributed by atoms with Gasteiger partial charge in [0.25, 0.3) is 0 Å². The van der Waals surface area contributed by atoms with E-state index in [1.165, 1.54) is 4.90 Å². The average Bonchev–Trinajstić information content (AvgIpc) is 2.53. The van der Waals surface area contributed by atoms with E-state index in [1.54, 1.807) is 0 Å². The highest BCUT2D eigenvalue weighted by Gasteiger charge is 2.18. The highest BCUT2D eigenvalue weighted by atomic mass is 16.4. The third-order valence-electron chi connectivity index (χ3n) is 2.64. The van der Waals surface area contributed by atoms with E-state index in [0.717, 1.165) is 6.42 Å². The van der Waals surface area contributed by atoms with E-state index in [0.29, 0.717) is 32.5 Å². The van der Waals surface area contributed by atoms with Crippen LogP contribution in [0.2, 0.25) is 0 Å². The third-order valence-corrected chi connectivity index (χ3v) is 2.64. The molecule has 0 atom stereocenters. The zero-order valence-electron chi connectivity index (χ0n) is 10.3.